The van der Waals surface area contributed by atoms with E-state index in [1.807, 2.05) is 66.0 Å². The van der Waals surface area contributed by atoms with Gasteiger partial charge in [0.15, 0.2) is 5.82 Å². The molecule has 2 aliphatic rings. The number of halogens is 2. The molecule has 10 nitrogen and oxygen atoms in total. The normalized spacial score (nSPS) is 16.3. The lowest BCUT2D eigenvalue weighted by atomic mass is 9.95. The summed E-state index contributed by atoms with van der Waals surface area (Å²) in [5.41, 5.74) is 4.92. The van der Waals surface area contributed by atoms with Crippen LogP contribution >= 0.6 is 23.2 Å². The number of anilines is 1. The number of fused-ring (bicyclic) bond motifs is 1. The number of benzene rings is 2. The summed E-state index contributed by atoms with van der Waals surface area (Å²) < 4.78 is 7.46. The zero-order valence-electron chi connectivity index (χ0n) is 24.8. The van der Waals surface area contributed by atoms with E-state index in [0.717, 1.165) is 29.9 Å². The Morgan fingerprint density at radius 3 is 2.45 bits per heavy atom. The summed E-state index contributed by atoms with van der Waals surface area (Å²) in [6.07, 6.45) is 0.838. The van der Waals surface area contributed by atoms with Crippen LogP contribution in [0.4, 0.5) is 5.69 Å². The second kappa shape index (κ2) is 12.1. The van der Waals surface area contributed by atoms with Crippen LogP contribution in [0.2, 0.25) is 10.0 Å². The van der Waals surface area contributed by atoms with Crippen LogP contribution in [-0.4, -0.2) is 86.5 Å². The number of carbonyl (C=O) groups is 1. The van der Waals surface area contributed by atoms with Gasteiger partial charge in [0, 0.05) is 74.1 Å². The number of imidazole rings is 1. The van der Waals surface area contributed by atoms with Gasteiger partial charge in [-0.1, -0.05) is 59.6 Å². The van der Waals surface area contributed by atoms with E-state index in [4.69, 9.17) is 32.9 Å². The number of aromatic nitrogens is 3. The largest absolute Gasteiger partial charge is 0.481 e. The predicted molar refractivity (Wildman–Crippen MR) is 170 cm³/mol. The fourth-order valence-corrected chi connectivity index (χ4v) is 6.57. The van der Waals surface area contributed by atoms with E-state index in [1.54, 1.807) is 13.2 Å². The number of likely N-dealkylation sites (tertiary alicyclic amines) is 1. The molecule has 0 aliphatic carbocycles. The van der Waals surface area contributed by atoms with Crippen LogP contribution in [0, 0.1) is 0 Å². The van der Waals surface area contributed by atoms with Gasteiger partial charge in [-0.05, 0) is 19.2 Å². The van der Waals surface area contributed by atoms with Crippen LogP contribution in [0.5, 0.6) is 5.88 Å². The zero-order chi connectivity index (χ0) is 31.2. The van der Waals surface area contributed by atoms with Crippen molar-refractivity contribution in [2.45, 2.75) is 25.1 Å². The number of aliphatic hydroxyl groups excluding tert-OH is 1. The molecule has 230 valence electrons. The second-order valence-electron chi connectivity index (χ2n) is 11.6. The number of ether oxygens (including phenoxy) is 1. The Bertz CT molecular complexity index is 1740. The monoisotopic (exact) mass is 636 g/mol. The van der Waals surface area contributed by atoms with Crippen molar-refractivity contribution < 1.29 is 19.7 Å². The molecule has 2 aromatic carbocycles. The number of β-amino-alcohol motifs (C(OH)–C–C–N with tert-alkyl or cyclic N) is 1. The Kier molecular flexibility index (Phi) is 8.40. The topological polar surface area (TPSA) is 116 Å². The summed E-state index contributed by atoms with van der Waals surface area (Å²) >= 11 is 13.9. The number of carbonyl (C=O) groups excluding carboxylic acids is 1. The first kappa shape index (κ1) is 30.5. The molecule has 6 rings (SSSR count). The van der Waals surface area contributed by atoms with Gasteiger partial charge in [-0.3, -0.25) is 9.69 Å². The molecule has 2 aromatic heterocycles. The third kappa shape index (κ3) is 5.69. The van der Waals surface area contributed by atoms with E-state index in [9.17, 15) is 15.0 Å². The van der Waals surface area contributed by atoms with Gasteiger partial charge in [-0.2, -0.15) is 0 Å². The minimum Gasteiger partial charge on any atom is -0.481 e. The maximum atomic E-state index is 13.3. The summed E-state index contributed by atoms with van der Waals surface area (Å²) in [7, 11) is 5.47. The summed E-state index contributed by atoms with van der Waals surface area (Å²) in [6.45, 7) is 2.64. The first-order valence-electron chi connectivity index (χ1n) is 14.3. The fraction of sp³-hybridized carbons (Fsp3) is 0.344. The van der Waals surface area contributed by atoms with Crippen molar-refractivity contribution in [3.63, 3.8) is 0 Å². The third-order valence-electron chi connectivity index (χ3n) is 8.32. The van der Waals surface area contributed by atoms with Crippen molar-refractivity contribution in [2.75, 3.05) is 45.7 Å². The third-order valence-corrected chi connectivity index (χ3v) is 9.13. The van der Waals surface area contributed by atoms with Crippen LogP contribution in [-0.2, 0) is 26.6 Å². The molecular formula is C32H34Cl2N6O4. The van der Waals surface area contributed by atoms with Gasteiger partial charge in [0.2, 0.25) is 5.88 Å². The number of nitrogens with zero attached hydrogens (tertiary/aromatic N) is 5. The number of nitrogens with one attached hydrogen (secondary N) is 1. The molecule has 0 unspecified atom stereocenters. The highest BCUT2D eigenvalue weighted by molar-refractivity contribution is 6.39. The maximum absolute atomic E-state index is 13.3. The molecule has 0 spiro atoms. The van der Waals surface area contributed by atoms with Crippen molar-refractivity contribution in [2.24, 2.45) is 7.05 Å². The standard InChI is InChI=1S/C32H34Cl2N6O4/c1-38-13-12-26-25(15-38)35-29(39(26)2)30(42)36-24-9-5-7-21(28(24)34)20-6-4-8-22(27(20)33)23-11-10-19(31(37-23)44-3)14-40-16-32(43,17-40)18-41/h4-11,41,43H,12-18H2,1-3H3,(H,36,42). The van der Waals surface area contributed by atoms with Crippen molar-refractivity contribution in [3.05, 3.63) is 81.4 Å². The van der Waals surface area contributed by atoms with Crippen LogP contribution in [0.25, 0.3) is 22.4 Å². The van der Waals surface area contributed by atoms with Crippen LogP contribution in [0.1, 0.15) is 27.6 Å². The first-order chi connectivity index (χ1) is 21.1. The summed E-state index contributed by atoms with van der Waals surface area (Å²) in [5, 5.41) is 23.2. The van der Waals surface area contributed by atoms with Crippen molar-refractivity contribution in [1.82, 2.24) is 24.3 Å². The Hall–Kier alpha value is -3.51. The molecule has 12 heteroatoms. The van der Waals surface area contributed by atoms with Gasteiger partial charge < -0.3 is 29.7 Å². The molecule has 2 aliphatic heterocycles. The molecule has 0 saturated carbocycles. The molecule has 44 heavy (non-hydrogen) atoms. The Morgan fingerprint density at radius 1 is 1.02 bits per heavy atom. The minimum absolute atomic E-state index is 0.268. The number of pyridine rings is 1. The lowest BCUT2D eigenvalue weighted by molar-refractivity contribution is -0.128. The fourth-order valence-electron chi connectivity index (χ4n) is 5.97. The molecular weight excluding hydrogens is 603 g/mol. The molecule has 1 fully saturated rings. The molecule has 1 amide bonds. The summed E-state index contributed by atoms with van der Waals surface area (Å²) in [6, 6.07) is 14.9. The average molecular weight is 638 g/mol. The number of likely N-dealkylation sites (N-methyl/N-ethyl adjacent to an activating group) is 1. The Morgan fingerprint density at radius 2 is 1.73 bits per heavy atom. The molecule has 3 N–H and O–H groups in total. The van der Waals surface area contributed by atoms with E-state index < -0.39 is 5.60 Å². The van der Waals surface area contributed by atoms with Gasteiger partial charge >= 0.3 is 0 Å². The van der Waals surface area contributed by atoms with Gasteiger partial charge in [-0.25, -0.2) is 9.97 Å². The van der Waals surface area contributed by atoms with E-state index in [0.29, 0.717) is 76.0 Å². The highest BCUT2D eigenvalue weighted by Gasteiger charge is 2.40. The minimum atomic E-state index is -1.05. The molecule has 4 aromatic rings. The first-order valence-corrected chi connectivity index (χ1v) is 15.1. The van der Waals surface area contributed by atoms with E-state index >= 15 is 0 Å². The van der Waals surface area contributed by atoms with Gasteiger partial charge in [0.1, 0.15) is 5.60 Å². The molecule has 0 radical (unpaired) electrons. The zero-order valence-corrected chi connectivity index (χ0v) is 26.3. The summed E-state index contributed by atoms with van der Waals surface area (Å²) in [5.74, 6) is 0.460. The molecule has 4 heterocycles. The average Bonchev–Trinajstić information content (AvgIpc) is 3.33. The molecule has 0 bridgehead atoms. The number of methoxy groups -OCH3 is 1. The molecule has 0 atom stereocenters. The van der Waals surface area contributed by atoms with Crippen molar-refractivity contribution in [1.29, 1.82) is 0 Å². The molecule has 1 saturated heterocycles. The summed E-state index contributed by atoms with van der Waals surface area (Å²) in [4.78, 5) is 26.9. The van der Waals surface area contributed by atoms with E-state index in [-0.39, 0.29) is 12.5 Å². The van der Waals surface area contributed by atoms with Crippen LogP contribution in [0.3, 0.4) is 0 Å². The number of amides is 1. The number of hydrogen-bond acceptors (Lipinski definition) is 8. The van der Waals surface area contributed by atoms with Crippen LogP contribution < -0.4 is 10.1 Å². The van der Waals surface area contributed by atoms with Crippen LogP contribution in [0.15, 0.2) is 48.5 Å². The highest BCUT2D eigenvalue weighted by Crippen LogP contribution is 2.41. The van der Waals surface area contributed by atoms with Crippen molar-refractivity contribution in [3.8, 4) is 28.3 Å². The van der Waals surface area contributed by atoms with Crippen molar-refractivity contribution >= 4 is 34.8 Å². The van der Waals surface area contributed by atoms with E-state index in [2.05, 4.69) is 15.2 Å². The van der Waals surface area contributed by atoms with Gasteiger partial charge in [0.05, 0.1) is 40.8 Å². The SMILES string of the molecule is COc1nc(-c2cccc(-c3cccc(NC(=O)c4nc5c(n4C)CCN(C)C5)c3Cl)c2Cl)ccc1CN1CC(O)(CO)C1. The second-order valence-corrected chi connectivity index (χ2v) is 12.3. The number of aliphatic hydroxyl groups is 2. The predicted octanol–water partition coefficient (Wildman–Crippen LogP) is 4.24. The van der Waals surface area contributed by atoms with Gasteiger partial charge in [-0.15, -0.1) is 0 Å². The number of hydrogen-bond donors (Lipinski definition) is 3. The smallest absolute Gasteiger partial charge is 0.291 e. The highest BCUT2D eigenvalue weighted by atomic mass is 35.5. The van der Waals surface area contributed by atoms with E-state index in [1.165, 1.54) is 0 Å². The Balaban J connectivity index is 1.25. The maximum Gasteiger partial charge on any atom is 0.291 e. The lowest BCUT2D eigenvalue weighted by Gasteiger charge is -2.45. The lowest BCUT2D eigenvalue weighted by Crippen LogP contribution is -2.63. The Labute approximate surface area is 265 Å². The quantitative estimate of drug-likeness (QED) is 0.263. The van der Waals surface area contributed by atoms with Gasteiger partial charge in [0.25, 0.3) is 5.91 Å². The number of rotatable bonds is 8.